The molecule has 0 amide bonds. The van der Waals surface area contributed by atoms with Crippen molar-refractivity contribution >= 4 is 0 Å². The van der Waals surface area contributed by atoms with Gasteiger partial charge in [-0.3, -0.25) is 0 Å². The quantitative estimate of drug-likeness (QED) is 0.720. The second-order valence-electron chi connectivity index (χ2n) is 5.03. The Morgan fingerprint density at radius 2 is 1.75 bits per heavy atom. The van der Waals surface area contributed by atoms with Gasteiger partial charge in [0.25, 0.3) is 0 Å². The third kappa shape index (κ3) is 2.27. The van der Waals surface area contributed by atoms with Gasteiger partial charge in [-0.2, -0.15) is 0 Å². The van der Waals surface area contributed by atoms with Gasteiger partial charge in [0.05, 0.1) is 0 Å². The average molecular weight is 221 g/mol. The van der Waals surface area contributed by atoms with E-state index < -0.39 is 0 Å². The van der Waals surface area contributed by atoms with Crippen LogP contribution in [-0.4, -0.2) is 0 Å². The number of rotatable bonds is 1. The molecule has 1 aliphatic carbocycles. The molecule has 16 heavy (non-hydrogen) atoms. The first-order valence-electron chi connectivity index (χ1n) is 6.17. The largest absolute Gasteiger partial charge is 0.321 e. The zero-order valence-corrected chi connectivity index (χ0v) is 9.93. The van der Waals surface area contributed by atoms with Gasteiger partial charge in [0.2, 0.25) is 0 Å². The summed E-state index contributed by atoms with van der Waals surface area (Å²) in [5.74, 6) is -0.138. The number of aryl methyl sites for hydroxylation is 1. The second-order valence-corrected chi connectivity index (χ2v) is 5.03. The molecular weight excluding hydrogens is 201 g/mol. The summed E-state index contributed by atoms with van der Waals surface area (Å²) < 4.78 is 13.2. The van der Waals surface area contributed by atoms with Gasteiger partial charge in [-0.15, -0.1) is 0 Å². The van der Waals surface area contributed by atoms with Gasteiger partial charge in [0, 0.05) is 5.54 Å². The maximum absolute atomic E-state index is 13.2. The molecule has 88 valence electrons. The molecule has 2 heteroatoms. The zero-order valence-electron chi connectivity index (χ0n) is 9.93. The molecule has 0 unspecified atom stereocenters. The fraction of sp³-hybridized carbons (Fsp3) is 0.571. The van der Waals surface area contributed by atoms with Crippen molar-refractivity contribution in [2.45, 2.75) is 51.0 Å². The Labute approximate surface area is 96.9 Å². The van der Waals surface area contributed by atoms with Crippen molar-refractivity contribution in [2.75, 3.05) is 0 Å². The molecule has 0 spiro atoms. The molecule has 0 aromatic heterocycles. The maximum Gasteiger partial charge on any atom is 0.126 e. The molecule has 0 saturated heterocycles. The summed E-state index contributed by atoms with van der Waals surface area (Å²) in [6, 6.07) is 5.32. The highest BCUT2D eigenvalue weighted by Crippen LogP contribution is 2.34. The Kier molecular flexibility index (Phi) is 3.29. The SMILES string of the molecule is Cc1cc(C2(N)CCCCCC2)ccc1F. The van der Waals surface area contributed by atoms with Crippen LogP contribution in [0.1, 0.15) is 49.7 Å². The predicted octanol–water partition coefficient (Wildman–Crippen LogP) is 3.64. The van der Waals surface area contributed by atoms with Crippen molar-refractivity contribution < 1.29 is 4.39 Å². The molecule has 2 N–H and O–H groups in total. The molecule has 1 aromatic carbocycles. The molecule has 1 aliphatic rings. The maximum atomic E-state index is 13.2. The van der Waals surface area contributed by atoms with Gasteiger partial charge < -0.3 is 5.73 Å². The first-order chi connectivity index (χ1) is 7.62. The van der Waals surface area contributed by atoms with Crippen LogP contribution in [0.4, 0.5) is 4.39 Å². The molecule has 0 radical (unpaired) electrons. The molecule has 1 saturated carbocycles. The fourth-order valence-corrected chi connectivity index (χ4v) is 2.60. The number of halogens is 1. The number of hydrogen-bond acceptors (Lipinski definition) is 1. The van der Waals surface area contributed by atoms with Crippen molar-refractivity contribution in [1.82, 2.24) is 0 Å². The Morgan fingerprint density at radius 1 is 1.12 bits per heavy atom. The van der Waals surface area contributed by atoms with E-state index in [1.54, 1.807) is 13.0 Å². The number of nitrogens with two attached hydrogens (primary N) is 1. The lowest BCUT2D eigenvalue weighted by Gasteiger charge is -2.29. The monoisotopic (exact) mass is 221 g/mol. The van der Waals surface area contributed by atoms with Gasteiger partial charge in [-0.1, -0.05) is 37.8 Å². The molecule has 0 atom stereocenters. The van der Waals surface area contributed by atoms with Gasteiger partial charge in [-0.05, 0) is 37.0 Å². The van der Waals surface area contributed by atoms with Crippen LogP contribution in [-0.2, 0) is 5.54 Å². The highest BCUT2D eigenvalue weighted by atomic mass is 19.1. The van der Waals surface area contributed by atoms with Crippen LogP contribution in [0.3, 0.4) is 0 Å². The summed E-state index contributed by atoms with van der Waals surface area (Å²) in [6.07, 6.45) is 6.98. The lowest BCUT2D eigenvalue weighted by Crippen LogP contribution is -2.36. The van der Waals surface area contributed by atoms with Crippen LogP contribution in [0.15, 0.2) is 18.2 Å². The summed E-state index contributed by atoms with van der Waals surface area (Å²) in [6.45, 7) is 1.80. The third-order valence-electron chi connectivity index (χ3n) is 3.73. The third-order valence-corrected chi connectivity index (χ3v) is 3.73. The molecule has 2 rings (SSSR count). The molecule has 0 aliphatic heterocycles. The molecule has 0 heterocycles. The van der Waals surface area contributed by atoms with Crippen molar-refractivity contribution in [3.05, 3.63) is 35.1 Å². The standard InChI is InChI=1S/C14H20FN/c1-11-10-12(6-7-13(11)15)14(16)8-4-2-3-5-9-14/h6-7,10H,2-5,8-9,16H2,1H3. The van der Waals surface area contributed by atoms with Crippen molar-refractivity contribution in [1.29, 1.82) is 0 Å². The minimum Gasteiger partial charge on any atom is -0.321 e. The van der Waals surface area contributed by atoms with Crippen LogP contribution in [0.2, 0.25) is 0 Å². The van der Waals surface area contributed by atoms with E-state index >= 15 is 0 Å². The van der Waals surface area contributed by atoms with Crippen LogP contribution in [0.5, 0.6) is 0 Å². The van der Waals surface area contributed by atoms with E-state index in [0.717, 1.165) is 18.4 Å². The average Bonchev–Trinajstić information content (AvgIpc) is 2.48. The lowest BCUT2D eigenvalue weighted by atomic mass is 9.83. The molecule has 0 bridgehead atoms. The van der Waals surface area contributed by atoms with E-state index in [1.165, 1.54) is 25.7 Å². The van der Waals surface area contributed by atoms with Gasteiger partial charge in [0.15, 0.2) is 0 Å². The van der Waals surface area contributed by atoms with E-state index in [-0.39, 0.29) is 11.4 Å². The van der Waals surface area contributed by atoms with E-state index in [0.29, 0.717) is 5.56 Å². The number of hydrogen-bond donors (Lipinski definition) is 1. The normalized spacial score (nSPS) is 20.4. The summed E-state index contributed by atoms with van der Waals surface area (Å²) in [7, 11) is 0. The fourth-order valence-electron chi connectivity index (χ4n) is 2.60. The van der Waals surface area contributed by atoms with Gasteiger partial charge >= 0.3 is 0 Å². The Bertz CT molecular complexity index is 365. The first-order valence-corrected chi connectivity index (χ1v) is 6.17. The smallest absolute Gasteiger partial charge is 0.126 e. The van der Waals surface area contributed by atoms with E-state index in [9.17, 15) is 4.39 Å². The van der Waals surface area contributed by atoms with Crippen molar-refractivity contribution in [2.24, 2.45) is 5.73 Å². The van der Waals surface area contributed by atoms with Crippen LogP contribution in [0, 0.1) is 12.7 Å². The Morgan fingerprint density at radius 3 is 2.31 bits per heavy atom. The minimum absolute atomic E-state index is 0.138. The van der Waals surface area contributed by atoms with Crippen LogP contribution in [0.25, 0.3) is 0 Å². The van der Waals surface area contributed by atoms with Crippen LogP contribution < -0.4 is 5.73 Å². The molecule has 1 fully saturated rings. The lowest BCUT2D eigenvalue weighted by molar-refractivity contribution is 0.384. The van der Waals surface area contributed by atoms with Gasteiger partial charge in [0.1, 0.15) is 5.82 Å². The van der Waals surface area contributed by atoms with Gasteiger partial charge in [-0.25, -0.2) is 4.39 Å². The molecular formula is C14H20FN. The van der Waals surface area contributed by atoms with Crippen LogP contribution >= 0.6 is 0 Å². The predicted molar refractivity (Wildman–Crippen MR) is 64.7 cm³/mol. The van der Waals surface area contributed by atoms with E-state index in [1.807, 2.05) is 12.1 Å². The molecule has 1 aromatic rings. The highest BCUT2D eigenvalue weighted by Gasteiger charge is 2.28. The van der Waals surface area contributed by atoms with Crippen molar-refractivity contribution in [3.63, 3.8) is 0 Å². The number of benzene rings is 1. The summed E-state index contributed by atoms with van der Waals surface area (Å²) >= 11 is 0. The topological polar surface area (TPSA) is 26.0 Å². The Hall–Kier alpha value is -0.890. The van der Waals surface area contributed by atoms with Crippen molar-refractivity contribution in [3.8, 4) is 0 Å². The first kappa shape index (κ1) is 11.6. The highest BCUT2D eigenvalue weighted by molar-refractivity contribution is 5.30. The summed E-state index contributed by atoms with van der Waals surface area (Å²) in [5.41, 5.74) is 8.06. The van der Waals surface area contributed by atoms with E-state index in [4.69, 9.17) is 5.73 Å². The molecule has 1 nitrogen and oxygen atoms in total. The zero-order chi connectivity index (χ0) is 11.6. The Balaban J connectivity index is 2.29. The summed E-state index contributed by atoms with van der Waals surface area (Å²) in [5, 5.41) is 0. The summed E-state index contributed by atoms with van der Waals surface area (Å²) in [4.78, 5) is 0. The van der Waals surface area contributed by atoms with E-state index in [2.05, 4.69) is 0 Å². The minimum atomic E-state index is -0.227. The second kappa shape index (κ2) is 4.54.